The highest BCUT2D eigenvalue weighted by molar-refractivity contribution is 7.90. The molecule has 4 aromatic heterocycles. The molecule has 4 aromatic rings. The van der Waals surface area contributed by atoms with Crippen LogP contribution < -0.4 is 0 Å². The molecular weight excluding hydrogens is 534 g/mol. The van der Waals surface area contributed by atoms with Crippen molar-refractivity contribution in [3.63, 3.8) is 0 Å². The van der Waals surface area contributed by atoms with Crippen molar-refractivity contribution in [1.29, 1.82) is 0 Å². The van der Waals surface area contributed by atoms with Crippen molar-refractivity contribution >= 4 is 31.9 Å². The number of sulfone groups is 1. The maximum atomic E-state index is 11.9. The first kappa shape index (κ1) is 28.4. The molecule has 1 aliphatic heterocycles. The highest BCUT2D eigenvalue weighted by Crippen LogP contribution is 2.40. The van der Waals surface area contributed by atoms with Gasteiger partial charge in [0.2, 0.25) is 0 Å². The van der Waals surface area contributed by atoms with E-state index in [2.05, 4.69) is 53.1 Å². The molecule has 220 valence electrons. The zero-order chi connectivity index (χ0) is 28.6. The monoisotopic (exact) mass is 577 g/mol. The Bertz CT molecular complexity index is 1610. The molecule has 8 nitrogen and oxygen atoms in total. The average molecular weight is 578 g/mol. The Morgan fingerprint density at radius 2 is 1.83 bits per heavy atom. The molecule has 0 atom stereocenters. The molecule has 6 rings (SSSR count). The third-order valence-corrected chi connectivity index (χ3v) is 9.91. The summed E-state index contributed by atoms with van der Waals surface area (Å²) in [6.07, 6.45) is 12.2. The predicted molar refractivity (Wildman–Crippen MR) is 165 cm³/mol. The predicted octanol–water partition coefficient (Wildman–Crippen LogP) is 5.89. The fourth-order valence-corrected chi connectivity index (χ4v) is 7.44. The minimum absolute atomic E-state index is 0.0792. The molecule has 0 amide bonds. The first-order valence-electron chi connectivity index (χ1n) is 15.2. The number of fused-ring (bicyclic) bond motifs is 2. The van der Waals surface area contributed by atoms with Crippen LogP contribution in [-0.2, 0) is 21.1 Å². The van der Waals surface area contributed by atoms with Gasteiger partial charge in [-0.15, -0.1) is 0 Å². The molecule has 2 aliphatic rings. The minimum Gasteiger partial charge on any atom is -0.381 e. The van der Waals surface area contributed by atoms with E-state index < -0.39 is 9.84 Å². The van der Waals surface area contributed by atoms with Crippen molar-refractivity contribution < 1.29 is 13.2 Å². The first-order chi connectivity index (χ1) is 19.8. The van der Waals surface area contributed by atoms with Gasteiger partial charge in [-0.2, -0.15) is 0 Å². The van der Waals surface area contributed by atoms with Crippen LogP contribution >= 0.6 is 0 Å². The van der Waals surface area contributed by atoms with E-state index in [-0.39, 0.29) is 11.7 Å². The Kier molecular flexibility index (Phi) is 8.21. The molecule has 5 heterocycles. The van der Waals surface area contributed by atoms with E-state index in [1.807, 2.05) is 10.6 Å². The van der Waals surface area contributed by atoms with Crippen LogP contribution in [0.25, 0.3) is 33.3 Å². The third kappa shape index (κ3) is 6.08. The van der Waals surface area contributed by atoms with Gasteiger partial charge < -0.3 is 19.2 Å². The van der Waals surface area contributed by atoms with E-state index in [0.29, 0.717) is 18.5 Å². The van der Waals surface area contributed by atoms with Crippen molar-refractivity contribution in [2.24, 2.45) is 0 Å². The lowest BCUT2D eigenvalue weighted by atomic mass is 9.83. The number of hydrogen-bond donors (Lipinski definition) is 1. The van der Waals surface area contributed by atoms with Crippen LogP contribution in [0.4, 0.5) is 0 Å². The van der Waals surface area contributed by atoms with Crippen molar-refractivity contribution in [1.82, 2.24) is 24.4 Å². The van der Waals surface area contributed by atoms with Gasteiger partial charge in [0.05, 0.1) is 22.5 Å². The Hall–Kier alpha value is -2.75. The van der Waals surface area contributed by atoms with Crippen molar-refractivity contribution in [3.05, 3.63) is 47.9 Å². The van der Waals surface area contributed by atoms with Crippen LogP contribution in [0.2, 0.25) is 0 Å². The highest BCUT2D eigenvalue weighted by atomic mass is 32.2. The number of ether oxygens (including phenoxy) is 1. The van der Waals surface area contributed by atoms with Gasteiger partial charge in [-0.3, -0.25) is 4.98 Å². The molecule has 1 saturated heterocycles. The summed E-state index contributed by atoms with van der Waals surface area (Å²) >= 11 is 0. The summed E-state index contributed by atoms with van der Waals surface area (Å²) in [5.41, 5.74) is 7.43. The zero-order valence-corrected chi connectivity index (χ0v) is 25.4. The smallest absolute Gasteiger partial charge is 0.149 e. The van der Waals surface area contributed by atoms with E-state index >= 15 is 0 Å². The van der Waals surface area contributed by atoms with Crippen molar-refractivity contribution in [2.75, 3.05) is 38.3 Å². The van der Waals surface area contributed by atoms with Gasteiger partial charge in [-0.1, -0.05) is 13.8 Å². The van der Waals surface area contributed by atoms with Crippen molar-refractivity contribution in [2.45, 2.75) is 76.8 Å². The lowest BCUT2D eigenvalue weighted by molar-refractivity contribution is 0.0629. The lowest BCUT2D eigenvalue weighted by Crippen LogP contribution is -2.40. The summed E-state index contributed by atoms with van der Waals surface area (Å²) in [4.78, 5) is 16.3. The fraction of sp³-hybridized carbons (Fsp3) is 0.562. The van der Waals surface area contributed by atoms with E-state index in [4.69, 9.17) is 9.72 Å². The molecule has 0 spiro atoms. The number of nitrogens with one attached hydrogen (secondary N) is 1. The van der Waals surface area contributed by atoms with Gasteiger partial charge >= 0.3 is 0 Å². The summed E-state index contributed by atoms with van der Waals surface area (Å²) in [7, 11) is -3.09. The van der Waals surface area contributed by atoms with Crippen LogP contribution in [0.1, 0.15) is 75.5 Å². The first-order valence-corrected chi connectivity index (χ1v) is 17.3. The van der Waals surface area contributed by atoms with Crippen molar-refractivity contribution in [3.8, 4) is 11.3 Å². The Morgan fingerprint density at radius 3 is 2.54 bits per heavy atom. The summed E-state index contributed by atoms with van der Waals surface area (Å²) in [5, 5.41) is 1.02. The van der Waals surface area contributed by atoms with Crippen LogP contribution in [0.15, 0.2) is 36.7 Å². The van der Waals surface area contributed by atoms with Gasteiger partial charge in [-0.25, -0.2) is 13.4 Å². The zero-order valence-electron chi connectivity index (χ0n) is 24.6. The second-order valence-electron chi connectivity index (χ2n) is 12.3. The number of aryl methyl sites for hydroxylation is 1. The second-order valence-corrected chi connectivity index (χ2v) is 14.6. The quantitative estimate of drug-likeness (QED) is 0.295. The van der Waals surface area contributed by atoms with Crippen LogP contribution in [-0.4, -0.2) is 77.2 Å². The third-order valence-electron chi connectivity index (χ3n) is 8.98. The molecule has 1 saturated carbocycles. The highest BCUT2D eigenvalue weighted by Gasteiger charge is 2.28. The summed E-state index contributed by atoms with van der Waals surface area (Å²) < 4.78 is 31.4. The van der Waals surface area contributed by atoms with Gasteiger partial charge in [0.1, 0.15) is 15.5 Å². The van der Waals surface area contributed by atoms with Crippen LogP contribution in [0.3, 0.4) is 0 Å². The molecule has 9 heteroatoms. The average Bonchev–Trinajstić information content (AvgIpc) is 3.50. The number of aromatic nitrogens is 4. The fourth-order valence-electron chi connectivity index (χ4n) is 6.91. The molecule has 0 aromatic carbocycles. The maximum absolute atomic E-state index is 11.9. The molecule has 1 N–H and O–H groups in total. The Labute approximate surface area is 243 Å². The summed E-state index contributed by atoms with van der Waals surface area (Å²) in [5.74, 6) is 0.837. The van der Waals surface area contributed by atoms with E-state index in [1.165, 1.54) is 43.2 Å². The molecule has 41 heavy (non-hydrogen) atoms. The number of H-pyrrole nitrogens is 1. The van der Waals surface area contributed by atoms with Crippen LogP contribution in [0.5, 0.6) is 0 Å². The van der Waals surface area contributed by atoms with Gasteiger partial charge in [-0.05, 0) is 68.7 Å². The maximum Gasteiger partial charge on any atom is 0.149 e. The minimum atomic E-state index is -3.09. The molecule has 0 radical (unpaired) electrons. The second kappa shape index (κ2) is 11.9. The Balaban J connectivity index is 1.29. The molecule has 2 fully saturated rings. The summed E-state index contributed by atoms with van der Waals surface area (Å²) in [6.45, 7) is 8.92. The molecule has 0 unspecified atom stereocenters. The van der Waals surface area contributed by atoms with E-state index in [9.17, 15) is 8.42 Å². The number of rotatable bonds is 7. The standard InChI is InChI=1S/C32H43N5O3S/c1-22(2)29-30(26-21-37(17-20-41(3,38)39)32-25(26)7-4-14-33-32)35-28-13-12-27(34-31(28)29)23-8-10-24(11-9-23)36-15-5-18-40-19-6-16-36/h4,7,12-14,21-24,35H,5-6,8-11,15-20H2,1-3H3. The number of aromatic amines is 1. The number of hydrogen-bond acceptors (Lipinski definition) is 6. The number of nitrogens with zero attached hydrogens (tertiary/aromatic N) is 4. The SMILES string of the molecule is CC(C)c1c(-c2cn(CCS(C)(=O)=O)c3ncccc23)[nH]c2ccc(C3CCC(N4CCCOCCC4)CC3)nc12. The summed E-state index contributed by atoms with van der Waals surface area (Å²) in [6, 6.07) is 9.13. The normalized spacial score (nSPS) is 21.5. The van der Waals surface area contributed by atoms with Gasteiger partial charge in [0.25, 0.3) is 0 Å². The lowest BCUT2D eigenvalue weighted by Gasteiger charge is -2.37. The van der Waals surface area contributed by atoms with E-state index in [1.54, 1.807) is 6.20 Å². The Morgan fingerprint density at radius 1 is 1.07 bits per heavy atom. The van der Waals surface area contributed by atoms with Crippen LogP contribution in [0, 0.1) is 0 Å². The van der Waals surface area contributed by atoms with E-state index in [0.717, 1.165) is 72.5 Å². The molecule has 1 aliphatic carbocycles. The van der Waals surface area contributed by atoms with Gasteiger partial charge in [0, 0.05) is 85.7 Å². The largest absolute Gasteiger partial charge is 0.381 e. The molecule has 0 bridgehead atoms. The number of pyridine rings is 2. The topological polar surface area (TPSA) is 93.1 Å². The molecular formula is C32H43N5O3S. The van der Waals surface area contributed by atoms with Gasteiger partial charge in [0.15, 0.2) is 0 Å².